The Morgan fingerprint density at radius 1 is 1.17 bits per heavy atom. The molecule has 0 radical (unpaired) electrons. The number of nitrogens with one attached hydrogen (secondary N) is 1. The first-order valence-corrected chi connectivity index (χ1v) is 7.16. The second-order valence-corrected chi connectivity index (χ2v) is 5.31. The third-order valence-corrected chi connectivity index (χ3v) is 3.16. The summed E-state index contributed by atoms with van der Waals surface area (Å²) in [4.78, 5) is 4.77. The van der Waals surface area contributed by atoms with E-state index in [1.165, 1.54) is 6.42 Å². The van der Waals surface area contributed by atoms with Gasteiger partial charge < -0.3 is 15.0 Å². The fourth-order valence-corrected chi connectivity index (χ4v) is 2.27. The summed E-state index contributed by atoms with van der Waals surface area (Å²) in [5, 5.41) is 3.56. The van der Waals surface area contributed by atoms with Crippen molar-refractivity contribution in [3.05, 3.63) is 0 Å². The SMILES string of the molecule is CCCNC(COC)CN(CC)C(C)CN(C)C. The van der Waals surface area contributed by atoms with Gasteiger partial charge in [-0.05, 0) is 40.5 Å². The van der Waals surface area contributed by atoms with Crippen molar-refractivity contribution in [1.82, 2.24) is 15.1 Å². The Morgan fingerprint density at radius 3 is 2.28 bits per heavy atom. The molecule has 0 amide bonds. The van der Waals surface area contributed by atoms with Gasteiger partial charge in [0.1, 0.15) is 0 Å². The van der Waals surface area contributed by atoms with Crippen LogP contribution in [-0.2, 0) is 4.74 Å². The Hall–Kier alpha value is -0.160. The summed E-state index contributed by atoms with van der Waals surface area (Å²) in [5.74, 6) is 0. The van der Waals surface area contributed by atoms with Gasteiger partial charge in [0.25, 0.3) is 0 Å². The molecule has 0 fully saturated rings. The highest BCUT2D eigenvalue weighted by molar-refractivity contribution is 4.76. The van der Waals surface area contributed by atoms with E-state index in [0.29, 0.717) is 12.1 Å². The monoisotopic (exact) mass is 259 g/mol. The van der Waals surface area contributed by atoms with Crippen molar-refractivity contribution in [2.24, 2.45) is 0 Å². The first kappa shape index (κ1) is 17.8. The minimum absolute atomic E-state index is 0.430. The number of methoxy groups -OCH3 is 1. The van der Waals surface area contributed by atoms with E-state index in [1.54, 1.807) is 7.11 Å². The average Bonchev–Trinajstić information content (AvgIpc) is 2.31. The van der Waals surface area contributed by atoms with Crippen molar-refractivity contribution >= 4 is 0 Å². The van der Waals surface area contributed by atoms with E-state index >= 15 is 0 Å². The van der Waals surface area contributed by atoms with Gasteiger partial charge in [-0.25, -0.2) is 0 Å². The van der Waals surface area contributed by atoms with Crippen LogP contribution in [0.2, 0.25) is 0 Å². The summed E-state index contributed by atoms with van der Waals surface area (Å²) in [6.07, 6.45) is 1.17. The number of nitrogens with zero attached hydrogens (tertiary/aromatic N) is 2. The number of hydrogen-bond donors (Lipinski definition) is 1. The van der Waals surface area contributed by atoms with Crippen LogP contribution in [0, 0.1) is 0 Å². The average molecular weight is 259 g/mol. The maximum Gasteiger partial charge on any atom is 0.0628 e. The molecule has 18 heavy (non-hydrogen) atoms. The van der Waals surface area contributed by atoms with Crippen molar-refractivity contribution in [3.63, 3.8) is 0 Å². The van der Waals surface area contributed by atoms with Gasteiger partial charge in [-0.15, -0.1) is 0 Å². The second-order valence-electron chi connectivity index (χ2n) is 5.31. The summed E-state index contributed by atoms with van der Waals surface area (Å²) >= 11 is 0. The van der Waals surface area contributed by atoms with Crippen molar-refractivity contribution in [2.75, 3.05) is 54.0 Å². The molecule has 0 spiro atoms. The molecule has 0 saturated carbocycles. The highest BCUT2D eigenvalue weighted by Crippen LogP contribution is 2.02. The van der Waals surface area contributed by atoms with E-state index in [1.807, 2.05) is 0 Å². The third kappa shape index (κ3) is 8.03. The van der Waals surface area contributed by atoms with Gasteiger partial charge in [0, 0.05) is 32.3 Å². The predicted molar refractivity (Wildman–Crippen MR) is 79.2 cm³/mol. The zero-order valence-electron chi connectivity index (χ0n) is 13.2. The molecule has 1 N–H and O–H groups in total. The molecule has 0 aromatic rings. The van der Waals surface area contributed by atoms with E-state index in [0.717, 1.165) is 32.8 Å². The zero-order chi connectivity index (χ0) is 14.0. The number of rotatable bonds is 11. The van der Waals surface area contributed by atoms with Crippen molar-refractivity contribution in [3.8, 4) is 0 Å². The van der Waals surface area contributed by atoms with E-state index in [2.05, 4.69) is 50.0 Å². The molecule has 0 saturated heterocycles. The maximum atomic E-state index is 5.31. The van der Waals surface area contributed by atoms with E-state index in [4.69, 9.17) is 4.74 Å². The van der Waals surface area contributed by atoms with Crippen LogP contribution in [0.3, 0.4) is 0 Å². The predicted octanol–water partition coefficient (Wildman–Crippen LogP) is 1.27. The Labute approximate surface area is 114 Å². The lowest BCUT2D eigenvalue weighted by atomic mass is 10.2. The smallest absolute Gasteiger partial charge is 0.0628 e. The summed E-state index contributed by atoms with van der Waals surface area (Å²) in [7, 11) is 6.04. The lowest BCUT2D eigenvalue weighted by Gasteiger charge is -2.33. The molecule has 2 atom stereocenters. The number of ether oxygens (including phenoxy) is 1. The Bertz CT molecular complexity index is 188. The highest BCUT2D eigenvalue weighted by atomic mass is 16.5. The molecule has 4 heteroatoms. The zero-order valence-corrected chi connectivity index (χ0v) is 13.2. The first-order valence-electron chi connectivity index (χ1n) is 7.16. The van der Waals surface area contributed by atoms with Gasteiger partial charge >= 0.3 is 0 Å². The van der Waals surface area contributed by atoms with E-state index in [-0.39, 0.29) is 0 Å². The number of likely N-dealkylation sites (N-methyl/N-ethyl adjacent to an activating group) is 2. The first-order chi connectivity index (χ1) is 8.54. The van der Waals surface area contributed by atoms with Crippen LogP contribution in [0.5, 0.6) is 0 Å². The fourth-order valence-electron chi connectivity index (χ4n) is 2.27. The third-order valence-electron chi connectivity index (χ3n) is 3.16. The quantitative estimate of drug-likeness (QED) is 0.605. The standard InChI is InChI=1S/C14H33N3O/c1-7-9-15-14(12-18-6)11-17(8-2)13(3)10-16(4)5/h13-15H,7-12H2,1-6H3. The molecular weight excluding hydrogens is 226 g/mol. The van der Waals surface area contributed by atoms with Crippen LogP contribution in [0.1, 0.15) is 27.2 Å². The van der Waals surface area contributed by atoms with Gasteiger partial charge in [-0.3, -0.25) is 4.90 Å². The van der Waals surface area contributed by atoms with Crippen molar-refractivity contribution in [1.29, 1.82) is 0 Å². The molecule has 0 bridgehead atoms. The molecular formula is C14H33N3O. The molecule has 0 aromatic heterocycles. The van der Waals surface area contributed by atoms with E-state index < -0.39 is 0 Å². The molecule has 0 aliphatic heterocycles. The molecule has 0 aromatic carbocycles. The fraction of sp³-hybridized carbons (Fsp3) is 1.00. The van der Waals surface area contributed by atoms with Crippen LogP contribution >= 0.6 is 0 Å². The topological polar surface area (TPSA) is 27.7 Å². The Morgan fingerprint density at radius 2 is 1.83 bits per heavy atom. The van der Waals surface area contributed by atoms with E-state index in [9.17, 15) is 0 Å². The lowest BCUT2D eigenvalue weighted by Crippen LogP contribution is -2.49. The second kappa shape index (κ2) is 10.7. The van der Waals surface area contributed by atoms with Crippen LogP contribution in [0.4, 0.5) is 0 Å². The molecule has 0 aliphatic rings. The Kier molecular flexibility index (Phi) is 10.6. The summed E-state index contributed by atoms with van der Waals surface area (Å²) in [6, 6.07) is 1.01. The normalized spacial score (nSPS) is 15.3. The van der Waals surface area contributed by atoms with Crippen LogP contribution in [0.25, 0.3) is 0 Å². The molecule has 110 valence electrons. The van der Waals surface area contributed by atoms with Gasteiger partial charge in [-0.2, -0.15) is 0 Å². The largest absolute Gasteiger partial charge is 0.383 e. The van der Waals surface area contributed by atoms with Crippen LogP contribution in [-0.4, -0.2) is 75.9 Å². The van der Waals surface area contributed by atoms with Crippen LogP contribution in [0.15, 0.2) is 0 Å². The molecule has 0 rings (SSSR count). The van der Waals surface area contributed by atoms with Crippen molar-refractivity contribution in [2.45, 2.75) is 39.3 Å². The highest BCUT2D eigenvalue weighted by Gasteiger charge is 2.17. The molecule has 4 nitrogen and oxygen atoms in total. The Balaban J connectivity index is 4.25. The van der Waals surface area contributed by atoms with Gasteiger partial charge in [-0.1, -0.05) is 13.8 Å². The van der Waals surface area contributed by atoms with Crippen molar-refractivity contribution < 1.29 is 4.74 Å². The molecule has 0 heterocycles. The minimum Gasteiger partial charge on any atom is -0.383 e. The summed E-state index contributed by atoms with van der Waals surface area (Å²) in [6.45, 7) is 11.8. The van der Waals surface area contributed by atoms with Crippen LogP contribution < -0.4 is 5.32 Å². The lowest BCUT2D eigenvalue weighted by molar-refractivity contribution is 0.116. The minimum atomic E-state index is 0.430. The summed E-state index contributed by atoms with van der Waals surface area (Å²) in [5.41, 5.74) is 0. The maximum absolute atomic E-state index is 5.31. The molecule has 2 unspecified atom stereocenters. The number of hydrogen-bond acceptors (Lipinski definition) is 4. The molecule has 0 aliphatic carbocycles. The van der Waals surface area contributed by atoms with Gasteiger partial charge in [0.05, 0.1) is 6.61 Å². The summed E-state index contributed by atoms with van der Waals surface area (Å²) < 4.78 is 5.31. The van der Waals surface area contributed by atoms with Gasteiger partial charge in [0.2, 0.25) is 0 Å². The van der Waals surface area contributed by atoms with Gasteiger partial charge in [0.15, 0.2) is 0 Å².